The monoisotopic (exact) mass is 221 g/mol. The summed E-state index contributed by atoms with van der Waals surface area (Å²) in [5.74, 6) is 0. The van der Waals surface area contributed by atoms with Crippen molar-refractivity contribution in [3.63, 3.8) is 0 Å². The largest absolute Gasteiger partial charge is 0.369 e. The van der Waals surface area contributed by atoms with Gasteiger partial charge in [0.05, 0.1) is 0 Å². The average molecular weight is 222 g/mol. The van der Waals surface area contributed by atoms with Crippen LogP contribution in [-0.4, -0.2) is 0 Å². The van der Waals surface area contributed by atoms with Crippen LogP contribution in [-0.2, 0) is 16.5 Å². The second-order valence-electron chi connectivity index (χ2n) is 0.958. The summed E-state index contributed by atoms with van der Waals surface area (Å²) >= 11 is 0. The molecule has 9 heavy (non-hydrogen) atoms. The summed E-state index contributed by atoms with van der Waals surface area (Å²) in [6, 6.07) is 0. The molecular weight excluding hydrogens is 218 g/mol. The van der Waals surface area contributed by atoms with Crippen LogP contribution in [0.15, 0.2) is 0 Å². The summed E-state index contributed by atoms with van der Waals surface area (Å²) in [4.78, 5) is 0. The average Bonchev–Trinajstić information content (AvgIpc) is 0.592. The molecule has 0 bridgehead atoms. The van der Waals surface area contributed by atoms with Gasteiger partial charge < -0.3 is 6.15 Å². The zero-order valence-electron chi connectivity index (χ0n) is 4.03. The van der Waals surface area contributed by atoms with E-state index in [9.17, 15) is 25.2 Å². The Hall–Kier alpha value is 0.464. The summed E-state index contributed by atoms with van der Waals surface area (Å²) in [5, 5.41) is 0. The van der Waals surface area contributed by atoms with E-state index in [0.29, 0.717) is 0 Å². The Kier molecular flexibility index (Phi) is 3.55. The first-order valence-corrected chi connectivity index (χ1v) is 3.04. The molecule has 0 aromatic carbocycles. The molecule has 1 nitrogen and oxygen atoms in total. The van der Waals surface area contributed by atoms with Crippen LogP contribution in [0, 0.1) is 0 Å². The fraction of sp³-hybridized carbons (Fsp3) is 0. The van der Waals surface area contributed by atoms with Crippen molar-refractivity contribution in [1.82, 2.24) is 6.15 Å². The second-order valence-corrected chi connectivity index (χ2v) is 2.87. The molecule has 0 unspecified atom stereocenters. The topological polar surface area (TPSA) is 36.5 Å². The van der Waals surface area contributed by atoms with Crippen LogP contribution < -0.4 is 6.15 Å². The first kappa shape index (κ1) is 16.2. The van der Waals surface area contributed by atoms with Crippen molar-refractivity contribution in [3.05, 3.63) is 0 Å². The molecule has 0 rings (SSSR count). The third kappa shape index (κ3) is 1650. The van der Waals surface area contributed by atoms with Crippen LogP contribution in [0.2, 0.25) is 0 Å². The smallest absolute Gasteiger partial charge is 0 e. The molecule has 0 heterocycles. The van der Waals surface area contributed by atoms with Crippen LogP contribution in [0.1, 0.15) is 0 Å². The van der Waals surface area contributed by atoms with E-state index in [4.69, 9.17) is 0 Å². The van der Waals surface area contributed by atoms with E-state index in [1.165, 1.54) is 0 Å². The van der Waals surface area contributed by atoms with Crippen molar-refractivity contribution in [2.45, 2.75) is 0 Å². The third-order valence-electron chi connectivity index (χ3n) is 0. The second kappa shape index (κ2) is 1.97. The Morgan fingerprint density at radius 1 is 0.667 bits per heavy atom. The number of hydrogen-bond acceptors (Lipinski definition) is 0. The summed E-state index contributed by atoms with van der Waals surface area (Å²) in [6.45, 7) is 0. The van der Waals surface area contributed by atoms with Crippen molar-refractivity contribution >= 4 is 7.81 Å². The minimum absolute atomic E-state index is 0. The van der Waals surface area contributed by atoms with Gasteiger partial charge in [-0.05, 0) is 0 Å². The van der Waals surface area contributed by atoms with Crippen molar-refractivity contribution < 1.29 is 41.7 Å². The van der Waals surface area contributed by atoms with E-state index in [1.807, 2.05) is 0 Å². The molecule has 0 saturated carbocycles. The number of hydrogen-bond donors (Lipinski definition) is 1. The number of quaternary nitrogens is 1. The Bertz CT molecular complexity index is 71.6. The molecule has 0 aliphatic rings. The molecule has 4 N–H and O–H groups in total. The zero-order chi connectivity index (χ0) is 6.41. The van der Waals surface area contributed by atoms with E-state index in [1.54, 1.807) is 0 Å². The van der Waals surface area contributed by atoms with E-state index in [0.717, 1.165) is 0 Å². The molecule has 0 spiro atoms. The van der Waals surface area contributed by atoms with Gasteiger partial charge in [0, 0.05) is 16.5 Å². The van der Waals surface area contributed by atoms with E-state index >= 15 is 0 Å². The minimum atomic E-state index is -10.7. The van der Waals surface area contributed by atoms with E-state index in [2.05, 4.69) is 0 Å². The Labute approximate surface area is 56.5 Å². The predicted octanol–water partition coefficient (Wildman–Crippen LogP) is 3.76. The van der Waals surface area contributed by atoms with Gasteiger partial charge in [0.1, 0.15) is 0 Å². The summed E-state index contributed by atoms with van der Waals surface area (Å²) in [6.07, 6.45) is 0. The van der Waals surface area contributed by atoms with Gasteiger partial charge in [-0.15, -0.1) is 0 Å². The molecule has 0 fully saturated rings. The molecule has 0 aliphatic carbocycles. The molecule has 0 aromatic rings. The van der Waals surface area contributed by atoms with Crippen molar-refractivity contribution in [3.8, 4) is 0 Å². The van der Waals surface area contributed by atoms with Crippen molar-refractivity contribution in [2.24, 2.45) is 0 Å². The number of rotatable bonds is 0. The van der Waals surface area contributed by atoms with E-state index < -0.39 is 7.81 Å². The molecule has 0 atom stereocenters. The fourth-order valence-corrected chi connectivity index (χ4v) is 0. The minimum Gasteiger partial charge on any atom is -0.369 e. The van der Waals surface area contributed by atoms with Gasteiger partial charge >= 0.3 is 33.0 Å². The molecule has 66 valence electrons. The van der Waals surface area contributed by atoms with Gasteiger partial charge in [-0.2, -0.15) is 0 Å². The molecular formula is H4F6NNiP. The first-order valence-electron chi connectivity index (χ1n) is 1.01. The van der Waals surface area contributed by atoms with Crippen molar-refractivity contribution in [2.75, 3.05) is 0 Å². The van der Waals surface area contributed by atoms with Gasteiger partial charge in [-0.25, -0.2) is 0 Å². The predicted molar refractivity (Wildman–Crippen MR) is 19.6 cm³/mol. The Morgan fingerprint density at radius 3 is 0.667 bits per heavy atom. The quantitative estimate of drug-likeness (QED) is 0.368. The molecule has 0 radical (unpaired) electrons. The van der Waals surface area contributed by atoms with Crippen molar-refractivity contribution in [1.29, 1.82) is 0 Å². The number of halogens is 6. The third-order valence-corrected chi connectivity index (χ3v) is 0. The van der Waals surface area contributed by atoms with Crippen LogP contribution >= 0.6 is 7.81 Å². The Morgan fingerprint density at radius 2 is 0.667 bits per heavy atom. The summed E-state index contributed by atoms with van der Waals surface area (Å²) < 4.78 is 59.2. The van der Waals surface area contributed by atoms with Gasteiger partial charge in [-0.1, -0.05) is 0 Å². The van der Waals surface area contributed by atoms with Gasteiger partial charge in [0.15, 0.2) is 0 Å². The molecule has 0 saturated heterocycles. The first-order chi connectivity index (χ1) is 2.45. The summed E-state index contributed by atoms with van der Waals surface area (Å²) in [5.41, 5.74) is 0. The molecule has 0 amide bonds. The van der Waals surface area contributed by atoms with Crippen LogP contribution in [0.25, 0.3) is 0 Å². The molecule has 0 aliphatic heterocycles. The normalized spacial score (nSPS) is 18.0. The SMILES string of the molecule is F[P-](F)(F)(F)(F)F.[NH4+].[Ni]. The van der Waals surface area contributed by atoms with Gasteiger partial charge in [-0.3, -0.25) is 0 Å². The standard InChI is InChI=1S/F6P.H3N.Ni/c1-7(2,3,4,5)6;;/h;1H3;/q-1;;/p+1. The van der Waals surface area contributed by atoms with Gasteiger partial charge in [0.2, 0.25) is 0 Å². The van der Waals surface area contributed by atoms with Crippen LogP contribution in [0.3, 0.4) is 0 Å². The molecule has 9 heteroatoms. The zero-order valence-corrected chi connectivity index (χ0v) is 5.91. The van der Waals surface area contributed by atoms with Gasteiger partial charge in [0.25, 0.3) is 0 Å². The summed E-state index contributed by atoms with van der Waals surface area (Å²) in [7, 11) is -10.7. The maximum Gasteiger partial charge on any atom is 0 e. The molecule has 0 aromatic heterocycles. The fourth-order valence-electron chi connectivity index (χ4n) is 0. The Balaban J connectivity index is -0.000000180. The van der Waals surface area contributed by atoms with Crippen LogP contribution in [0.5, 0.6) is 0 Å². The van der Waals surface area contributed by atoms with Crippen LogP contribution in [0.4, 0.5) is 25.2 Å². The maximum atomic E-state index is 9.87. The van der Waals surface area contributed by atoms with E-state index in [-0.39, 0.29) is 22.6 Å². The maximum absolute atomic E-state index is 10.7.